The Labute approximate surface area is 194 Å². The van der Waals surface area contributed by atoms with Crippen LogP contribution in [0.15, 0.2) is 12.1 Å². The van der Waals surface area contributed by atoms with Gasteiger partial charge >= 0.3 is 0 Å². The van der Waals surface area contributed by atoms with Crippen molar-refractivity contribution in [2.75, 3.05) is 18.1 Å². The molecule has 4 atom stereocenters. The summed E-state index contributed by atoms with van der Waals surface area (Å²) in [6, 6.07) is 2.01. The topological polar surface area (TPSA) is 66.5 Å². The number of likely N-dealkylation sites (tertiary alicyclic amines) is 1. The summed E-state index contributed by atoms with van der Waals surface area (Å²) in [5.74, 6) is -0.300. The number of carbonyl (C=O) groups excluding carboxylic acids is 2. The third-order valence-electron chi connectivity index (χ3n) is 7.12. The Morgan fingerprint density at radius 2 is 2.03 bits per heavy atom. The number of halogens is 3. The normalized spacial score (nSPS) is 28.8. The number of hydrogen-bond donors (Lipinski definition) is 1. The van der Waals surface area contributed by atoms with Crippen molar-refractivity contribution in [3.05, 3.63) is 33.6 Å². The maximum absolute atomic E-state index is 14.9. The molecule has 2 saturated heterocycles. The van der Waals surface area contributed by atoms with E-state index < -0.39 is 28.6 Å². The summed E-state index contributed by atoms with van der Waals surface area (Å²) < 4.78 is 26.7. The van der Waals surface area contributed by atoms with E-state index in [0.29, 0.717) is 24.5 Å². The molecule has 0 bridgehead atoms. The van der Waals surface area contributed by atoms with Crippen LogP contribution in [0, 0.1) is 17.2 Å². The maximum atomic E-state index is 14.9. The highest BCUT2D eigenvalue weighted by Crippen LogP contribution is 2.50. The first-order valence-corrected chi connectivity index (χ1v) is 13.0. The van der Waals surface area contributed by atoms with Gasteiger partial charge in [-0.25, -0.2) is 4.39 Å². The van der Waals surface area contributed by atoms with Crippen LogP contribution in [0.3, 0.4) is 0 Å². The van der Waals surface area contributed by atoms with Crippen LogP contribution in [-0.2, 0) is 20.4 Å². The van der Waals surface area contributed by atoms with Crippen LogP contribution in [0.5, 0.6) is 0 Å². The molecule has 1 aromatic rings. The third-order valence-corrected chi connectivity index (χ3v) is 9.39. The Hall–Kier alpha value is -1.18. The quantitative estimate of drug-likeness (QED) is 0.630. The van der Waals surface area contributed by atoms with Crippen LogP contribution in [0.1, 0.15) is 57.1 Å². The number of carbonyl (C=O) groups is 2. The molecule has 4 rings (SSSR count). The first-order chi connectivity index (χ1) is 14.7. The average molecular weight is 489 g/mol. The van der Waals surface area contributed by atoms with E-state index in [-0.39, 0.29) is 45.3 Å². The molecule has 2 heterocycles. The van der Waals surface area contributed by atoms with E-state index in [1.165, 1.54) is 12.1 Å². The summed E-state index contributed by atoms with van der Waals surface area (Å²) >= 11 is 12.6. The molecule has 31 heavy (non-hydrogen) atoms. The van der Waals surface area contributed by atoms with Crippen molar-refractivity contribution >= 4 is 45.8 Å². The van der Waals surface area contributed by atoms with Gasteiger partial charge in [-0.2, -0.15) is 0 Å². The van der Waals surface area contributed by atoms with E-state index in [9.17, 15) is 18.2 Å². The Kier molecular flexibility index (Phi) is 6.67. The number of hydrogen-bond acceptors (Lipinski definition) is 3. The Morgan fingerprint density at radius 3 is 2.68 bits per heavy atom. The molecule has 0 aromatic heterocycles. The number of amides is 2. The van der Waals surface area contributed by atoms with Gasteiger partial charge in [0.05, 0.1) is 22.0 Å². The number of nitrogens with one attached hydrogen (secondary N) is 1. The van der Waals surface area contributed by atoms with Crippen molar-refractivity contribution < 1.29 is 18.2 Å². The van der Waals surface area contributed by atoms with Crippen molar-refractivity contribution in [2.24, 2.45) is 11.3 Å². The Morgan fingerprint density at radius 1 is 1.32 bits per heavy atom. The minimum absolute atomic E-state index is 0.0610. The fourth-order valence-electron chi connectivity index (χ4n) is 5.29. The van der Waals surface area contributed by atoms with Gasteiger partial charge in [0.25, 0.3) is 0 Å². The van der Waals surface area contributed by atoms with Crippen molar-refractivity contribution in [1.82, 2.24) is 10.2 Å². The van der Waals surface area contributed by atoms with E-state index in [4.69, 9.17) is 23.2 Å². The molecule has 170 valence electrons. The van der Waals surface area contributed by atoms with Crippen molar-refractivity contribution in [2.45, 2.75) is 57.5 Å². The summed E-state index contributed by atoms with van der Waals surface area (Å²) in [6.07, 6.45) is 4.49. The lowest BCUT2D eigenvalue weighted by atomic mass is 9.76. The predicted molar refractivity (Wildman–Crippen MR) is 120 cm³/mol. The fourth-order valence-corrected chi connectivity index (χ4v) is 7.19. The molecule has 0 radical (unpaired) electrons. The SMILES string of the molecule is CC1(C(NC(=O)C2CC(=O)N(C3CCS(=O)C3)C2)c2c(F)ccc(Cl)c2Cl)CCCC1. The zero-order valence-electron chi connectivity index (χ0n) is 17.5. The summed E-state index contributed by atoms with van der Waals surface area (Å²) in [5, 5.41) is 3.41. The number of nitrogens with zero attached hydrogens (tertiary/aromatic N) is 1. The summed E-state index contributed by atoms with van der Waals surface area (Å²) in [5.41, 5.74) is -0.130. The van der Waals surface area contributed by atoms with E-state index in [0.717, 1.165) is 25.7 Å². The maximum Gasteiger partial charge on any atom is 0.225 e. The van der Waals surface area contributed by atoms with Crippen LogP contribution >= 0.6 is 23.2 Å². The van der Waals surface area contributed by atoms with E-state index in [1.54, 1.807) is 4.90 Å². The molecule has 1 aliphatic carbocycles. The molecule has 4 unspecified atom stereocenters. The molecule has 0 spiro atoms. The molecule has 1 aromatic carbocycles. The molecule has 1 N–H and O–H groups in total. The van der Waals surface area contributed by atoms with Gasteiger partial charge in [0, 0.05) is 46.9 Å². The molecule has 2 aliphatic heterocycles. The van der Waals surface area contributed by atoms with Crippen LogP contribution < -0.4 is 5.32 Å². The Bertz CT molecular complexity index is 922. The molecule has 1 saturated carbocycles. The average Bonchev–Trinajstić information content (AvgIpc) is 3.44. The summed E-state index contributed by atoms with van der Waals surface area (Å²) in [4.78, 5) is 27.5. The second-order valence-electron chi connectivity index (χ2n) is 9.26. The van der Waals surface area contributed by atoms with Gasteiger partial charge in [0.15, 0.2) is 0 Å². The standard InChI is InChI=1S/C22H27Cl2FN2O3S/c1-22(7-2-3-8-22)20(18-16(25)5-4-15(23)19(18)24)26-21(29)13-10-17(28)27(11-13)14-6-9-31(30)12-14/h4-5,13-14,20H,2-3,6-12H2,1H3,(H,26,29). The summed E-state index contributed by atoms with van der Waals surface area (Å²) in [6.45, 7) is 2.35. The highest BCUT2D eigenvalue weighted by atomic mass is 35.5. The van der Waals surface area contributed by atoms with E-state index in [2.05, 4.69) is 5.32 Å². The second kappa shape index (κ2) is 8.99. The molecule has 3 aliphatic rings. The first kappa shape index (κ1) is 23.0. The molecular formula is C22H27Cl2FN2O3S. The number of rotatable bonds is 5. The summed E-state index contributed by atoms with van der Waals surface area (Å²) in [7, 11) is -0.898. The van der Waals surface area contributed by atoms with Crippen molar-refractivity contribution in [1.29, 1.82) is 0 Å². The molecule has 2 amide bonds. The highest BCUT2D eigenvalue weighted by Gasteiger charge is 2.44. The van der Waals surface area contributed by atoms with Gasteiger partial charge in [-0.3, -0.25) is 13.8 Å². The zero-order valence-corrected chi connectivity index (χ0v) is 19.8. The Balaban J connectivity index is 1.57. The smallest absolute Gasteiger partial charge is 0.225 e. The van der Waals surface area contributed by atoms with Gasteiger partial charge < -0.3 is 10.2 Å². The lowest BCUT2D eigenvalue weighted by Gasteiger charge is -2.36. The van der Waals surface area contributed by atoms with Gasteiger partial charge in [-0.15, -0.1) is 0 Å². The van der Waals surface area contributed by atoms with Crippen molar-refractivity contribution in [3.63, 3.8) is 0 Å². The molecular weight excluding hydrogens is 462 g/mol. The van der Waals surface area contributed by atoms with Gasteiger partial charge in [0.2, 0.25) is 11.8 Å². The van der Waals surface area contributed by atoms with Gasteiger partial charge in [-0.1, -0.05) is 43.0 Å². The van der Waals surface area contributed by atoms with E-state index in [1.807, 2.05) is 6.92 Å². The van der Waals surface area contributed by atoms with Crippen LogP contribution in [0.2, 0.25) is 10.0 Å². The van der Waals surface area contributed by atoms with Crippen LogP contribution in [0.4, 0.5) is 4.39 Å². The lowest BCUT2D eigenvalue weighted by Crippen LogP contribution is -2.43. The third kappa shape index (κ3) is 4.51. The van der Waals surface area contributed by atoms with Crippen LogP contribution in [-0.4, -0.2) is 45.0 Å². The monoisotopic (exact) mass is 488 g/mol. The minimum Gasteiger partial charge on any atom is -0.348 e. The van der Waals surface area contributed by atoms with Crippen LogP contribution in [0.25, 0.3) is 0 Å². The minimum atomic E-state index is -0.898. The molecule has 5 nitrogen and oxygen atoms in total. The highest BCUT2D eigenvalue weighted by molar-refractivity contribution is 7.85. The molecule has 3 fully saturated rings. The molecule has 9 heteroatoms. The van der Waals surface area contributed by atoms with E-state index >= 15 is 0 Å². The lowest BCUT2D eigenvalue weighted by molar-refractivity contribution is -0.130. The van der Waals surface area contributed by atoms with Crippen molar-refractivity contribution in [3.8, 4) is 0 Å². The van der Waals surface area contributed by atoms with Gasteiger partial charge in [-0.05, 0) is 36.8 Å². The first-order valence-electron chi connectivity index (χ1n) is 10.8. The number of benzene rings is 1. The largest absolute Gasteiger partial charge is 0.348 e. The predicted octanol–water partition coefficient (Wildman–Crippen LogP) is 4.24. The second-order valence-corrected chi connectivity index (χ2v) is 11.7. The fraction of sp³-hybridized carbons (Fsp3) is 0.636. The zero-order chi connectivity index (χ0) is 22.3. The van der Waals surface area contributed by atoms with Gasteiger partial charge in [0.1, 0.15) is 5.82 Å².